The van der Waals surface area contributed by atoms with Crippen LogP contribution in [0.25, 0.3) is 5.57 Å². The zero-order chi connectivity index (χ0) is 34.9. The summed E-state index contributed by atoms with van der Waals surface area (Å²) in [5, 5.41) is 12.9. The Kier molecular flexibility index (Phi) is 8.32. The van der Waals surface area contributed by atoms with Crippen molar-refractivity contribution in [3.8, 4) is 11.5 Å². The van der Waals surface area contributed by atoms with E-state index in [0.717, 1.165) is 10.5 Å². The number of rotatable bonds is 6. The van der Waals surface area contributed by atoms with Gasteiger partial charge in [-0.2, -0.15) is 0 Å². The topological polar surface area (TPSA) is 101 Å². The highest BCUT2D eigenvalue weighted by Crippen LogP contribution is 2.65. The minimum Gasteiger partial charge on any atom is -0.503 e. The van der Waals surface area contributed by atoms with Crippen molar-refractivity contribution in [3.05, 3.63) is 132 Å². The smallest absolute Gasteiger partial charge is 0.234 e. The van der Waals surface area contributed by atoms with Crippen LogP contribution in [-0.4, -0.2) is 40.5 Å². The first-order valence-electron chi connectivity index (χ1n) is 16.4. The van der Waals surface area contributed by atoms with E-state index in [1.54, 1.807) is 6.07 Å². The van der Waals surface area contributed by atoms with E-state index in [2.05, 4.69) is 31.9 Å². The van der Waals surface area contributed by atoms with Gasteiger partial charge >= 0.3 is 0 Å². The minimum absolute atomic E-state index is 0.114. The molecule has 0 bridgehead atoms. The number of phenolic OH excluding ortho intramolecular Hbond substituents is 1. The summed E-state index contributed by atoms with van der Waals surface area (Å²) in [6.45, 7) is 0.206. The van der Waals surface area contributed by atoms with Crippen LogP contribution in [0.3, 0.4) is 0 Å². The molecule has 7 nitrogen and oxygen atoms in total. The number of benzene rings is 3. The number of imide groups is 1. The summed E-state index contributed by atoms with van der Waals surface area (Å²) in [4.78, 5) is 61.0. The van der Waals surface area contributed by atoms with Gasteiger partial charge in [0.25, 0.3) is 0 Å². The Labute approximate surface area is 309 Å². The minimum atomic E-state index is -1.40. The number of carbonyl (C=O) groups is 4. The molecule has 8 rings (SSSR count). The van der Waals surface area contributed by atoms with E-state index in [0.29, 0.717) is 37.6 Å². The fourth-order valence-corrected chi connectivity index (χ4v) is 10.6. The van der Waals surface area contributed by atoms with Crippen molar-refractivity contribution in [1.29, 1.82) is 0 Å². The number of carbonyl (C=O) groups excluding carboxylic acids is 4. The third-order valence-corrected chi connectivity index (χ3v) is 14.1. The Bertz CT molecular complexity index is 2130. The fourth-order valence-electron chi connectivity index (χ4n) is 8.98. The lowest BCUT2D eigenvalue weighted by molar-refractivity contribution is -0.141. The van der Waals surface area contributed by atoms with Gasteiger partial charge in [-0.15, -0.1) is 11.3 Å². The molecule has 4 aliphatic rings. The van der Waals surface area contributed by atoms with Crippen molar-refractivity contribution in [1.82, 2.24) is 4.90 Å². The van der Waals surface area contributed by atoms with Crippen LogP contribution in [0.5, 0.6) is 11.5 Å². The van der Waals surface area contributed by atoms with Gasteiger partial charge in [0.1, 0.15) is 0 Å². The van der Waals surface area contributed by atoms with Crippen LogP contribution in [0.1, 0.15) is 40.3 Å². The molecule has 4 aromatic rings. The molecule has 1 saturated heterocycles. The Balaban J connectivity index is 1.39. The Morgan fingerprint density at radius 3 is 2.32 bits per heavy atom. The van der Waals surface area contributed by atoms with Crippen molar-refractivity contribution in [2.45, 2.75) is 30.7 Å². The second-order valence-electron chi connectivity index (χ2n) is 13.3. The van der Waals surface area contributed by atoms with E-state index < -0.39 is 35.0 Å². The number of fused-ring (bicyclic) bond motifs is 4. The number of hydrogen-bond acceptors (Lipinski definition) is 7. The van der Waals surface area contributed by atoms with Crippen LogP contribution in [0.2, 0.25) is 0 Å². The first kappa shape index (κ1) is 33.0. The van der Waals surface area contributed by atoms with Crippen molar-refractivity contribution < 1.29 is 29.0 Å². The number of ketones is 2. The SMILES string of the molecule is COc1cc(C2C3=CCC4C(=O)N(Cc5cccs5)C(=O)C4C3CC3C(=O)C(c4ccccc4)=CC(=O)C32c2ccccc2)c(Br)c(Br)c1O. The number of nitrogens with zero attached hydrogens (tertiary/aromatic N) is 1. The van der Waals surface area contributed by atoms with Crippen LogP contribution in [-0.2, 0) is 31.1 Å². The summed E-state index contributed by atoms with van der Waals surface area (Å²) >= 11 is 8.77. The van der Waals surface area contributed by atoms with Gasteiger partial charge in [-0.1, -0.05) is 78.4 Å². The molecular weight excluding hydrogens is 782 g/mol. The molecule has 1 N–H and O–H groups in total. The molecule has 2 heterocycles. The lowest BCUT2D eigenvalue weighted by Gasteiger charge is -2.55. The third kappa shape index (κ3) is 4.78. The number of likely N-dealkylation sites (tertiary alicyclic amines) is 1. The number of ether oxygens (including phenoxy) is 1. The number of halogens is 2. The number of thiophene rings is 1. The molecule has 1 aliphatic heterocycles. The molecule has 252 valence electrons. The van der Waals surface area contributed by atoms with Gasteiger partial charge in [0.05, 0.1) is 35.4 Å². The van der Waals surface area contributed by atoms with Crippen LogP contribution in [0, 0.1) is 23.7 Å². The van der Waals surface area contributed by atoms with Crippen LogP contribution in [0.4, 0.5) is 0 Å². The highest BCUT2D eigenvalue weighted by Gasteiger charge is 2.66. The van der Waals surface area contributed by atoms with Crippen LogP contribution < -0.4 is 4.74 Å². The molecule has 0 spiro atoms. The van der Waals surface area contributed by atoms with Crippen LogP contribution >= 0.6 is 43.2 Å². The van der Waals surface area contributed by atoms with E-state index in [1.807, 2.05) is 84.3 Å². The molecule has 50 heavy (non-hydrogen) atoms. The summed E-state index contributed by atoms with van der Waals surface area (Å²) in [6, 6.07) is 24.1. The summed E-state index contributed by atoms with van der Waals surface area (Å²) in [5.41, 5.74) is 1.72. The zero-order valence-electron chi connectivity index (χ0n) is 26.8. The summed E-state index contributed by atoms with van der Waals surface area (Å²) in [5.74, 6) is -4.15. The van der Waals surface area contributed by atoms with Crippen molar-refractivity contribution in [2.75, 3.05) is 7.11 Å². The number of phenols is 1. The van der Waals surface area contributed by atoms with Gasteiger partial charge in [-0.05, 0) is 90.9 Å². The number of hydrogen-bond donors (Lipinski definition) is 1. The van der Waals surface area contributed by atoms with Crippen molar-refractivity contribution in [2.24, 2.45) is 23.7 Å². The van der Waals surface area contributed by atoms with E-state index in [1.165, 1.54) is 29.4 Å². The number of methoxy groups -OCH3 is 1. The molecule has 2 amide bonds. The maximum Gasteiger partial charge on any atom is 0.234 e. The van der Waals surface area contributed by atoms with E-state index in [9.17, 15) is 14.7 Å². The molecule has 3 aromatic carbocycles. The van der Waals surface area contributed by atoms with Gasteiger partial charge in [-0.3, -0.25) is 24.1 Å². The molecule has 1 saturated carbocycles. The van der Waals surface area contributed by atoms with Gasteiger partial charge < -0.3 is 9.84 Å². The second-order valence-corrected chi connectivity index (χ2v) is 15.9. The first-order chi connectivity index (χ1) is 24.2. The highest BCUT2D eigenvalue weighted by molar-refractivity contribution is 9.13. The maximum atomic E-state index is 15.2. The van der Waals surface area contributed by atoms with Gasteiger partial charge in [0.15, 0.2) is 23.1 Å². The van der Waals surface area contributed by atoms with Crippen molar-refractivity contribution in [3.63, 3.8) is 0 Å². The normalized spacial score (nSPS) is 27.3. The number of amides is 2. The Morgan fingerprint density at radius 1 is 0.920 bits per heavy atom. The third-order valence-electron chi connectivity index (χ3n) is 11.1. The summed E-state index contributed by atoms with van der Waals surface area (Å²) < 4.78 is 6.47. The molecule has 1 aromatic heterocycles. The molecular formula is C40H31Br2NO6S. The average Bonchev–Trinajstić information content (AvgIpc) is 3.75. The summed E-state index contributed by atoms with van der Waals surface area (Å²) in [7, 11) is 1.46. The maximum absolute atomic E-state index is 15.2. The standard InChI is InChI=1S/C40H31Br2NO6S/c1-49-30-18-28(34(41)35(42)37(30)46)33-24-14-15-25-32(39(48)43(38(25)47)20-23-13-8-16-50-23)27(24)17-29-36(45)26(21-9-4-2-5-10-21)19-31(44)40(29,33)22-11-6-3-7-12-22/h2-14,16,18-19,25,27,29,32-33,46H,15,17,20H2,1H3. The molecule has 2 fully saturated rings. The predicted molar refractivity (Wildman–Crippen MR) is 197 cm³/mol. The summed E-state index contributed by atoms with van der Waals surface area (Å²) in [6.07, 6.45) is 4.07. The van der Waals surface area contributed by atoms with E-state index in [4.69, 9.17) is 4.74 Å². The second kappa shape index (κ2) is 12.6. The van der Waals surface area contributed by atoms with Gasteiger partial charge in [0.2, 0.25) is 11.8 Å². The fraction of sp³-hybridized carbons (Fsp3) is 0.250. The van der Waals surface area contributed by atoms with E-state index >= 15 is 9.59 Å². The molecule has 6 atom stereocenters. The largest absolute Gasteiger partial charge is 0.503 e. The molecule has 3 aliphatic carbocycles. The monoisotopic (exact) mass is 811 g/mol. The number of aromatic hydroxyl groups is 1. The Morgan fingerprint density at radius 2 is 1.64 bits per heavy atom. The van der Waals surface area contributed by atoms with Crippen molar-refractivity contribution >= 4 is 72.2 Å². The molecule has 0 radical (unpaired) electrons. The van der Waals surface area contributed by atoms with Crippen LogP contribution in [0.15, 0.2) is 111 Å². The predicted octanol–water partition coefficient (Wildman–Crippen LogP) is 8.01. The molecule has 10 heteroatoms. The lowest BCUT2D eigenvalue weighted by atomic mass is 9.44. The Hall–Kier alpha value is -4.12. The van der Waals surface area contributed by atoms with E-state index in [-0.39, 0.29) is 47.8 Å². The number of allylic oxidation sites excluding steroid dienone is 4. The zero-order valence-corrected chi connectivity index (χ0v) is 30.8. The number of Topliss-reactive ketones (excluding diaryl/α,β-unsaturated/α-hetero) is 1. The molecule has 6 unspecified atom stereocenters. The highest BCUT2D eigenvalue weighted by atomic mass is 79.9. The quantitative estimate of drug-likeness (QED) is 0.157. The van der Waals surface area contributed by atoms with Gasteiger partial charge in [0, 0.05) is 26.8 Å². The lowest BCUT2D eigenvalue weighted by Crippen LogP contribution is -2.59. The van der Waals surface area contributed by atoms with Gasteiger partial charge in [-0.25, -0.2) is 0 Å². The average molecular weight is 814 g/mol. The first-order valence-corrected chi connectivity index (χ1v) is 18.9.